The van der Waals surface area contributed by atoms with Gasteiger partial charge in [0.2, 0.25) is 0 Å². The predicted molar refractivity (Wildman–Crippen MR) is 66.8 cm³/mol. The van der Waals surface area contributed by atoms with Gasteiger partial charge in [0.15, 0.2) is 0 Å². The number of hydrogen-bond acceptors (Lipinski definition) is 2. The second kappa shape index (κ2) is 5.71. The summed E-state index contributed by atoms with van der Waals surface area (Å²) in [5.41, 5.74) is 6.84. The minimum atomic E-state index is 0.274. The summed E-state index contributed by atoms with van der Waals surface area (Å²) < 4.78 is 0. The Morgan fingerprint density at radius 3 is 2.13 bits per heavy atom. The van der Waals surface area contributed by atoms with Crippen LogP contribution in [0.25, 0.3) is 0 Å². The molecule has 0 aromatic heterocycles. The first-order valence-electron chi connectivity index (χ1n) is 4.83. The lowest BCUT2D eigenvalue weighted by Crippen LogP contribution is -2.25. The van der Waals surface area contributed by atoms with Gasteiger partial charge in [-0.15, -0.1) is 0 Å². The van der Waals surface area contributed by atoms with E-state index in [4.69, 9.17) is 28.9 Å². The van der Waals surface area contributed by atoms with E-state index in [2.05, 4.69) is 4.90 Å². The number of nitrogens with two attached hydrogens (primary N) is 1. The SMILES string of the molecule is CN(C)CC(CN)c1cc(Cl)cc(Cl)c1. The van der Waals surface area contributed by atoms with E-state index < -0.39 is 0 Å². The molecule has 0 bridgehead atoms. The molecule has 1 unspecified atom stereocenters. The van der Waals surface area contributed by atoms with Gasteiger partial charge in [0.1, 0.15) is 0 Å². The van der Waals surface area contributed by atoms with Crippen molar-refractivity contribution in [3.8, 4) is 0 Å². The summed E-state index contributed by atoms with van der Waals surface area (Å²) in [6.07, 6.45) is 0. The van der Waals surface area contributed by atoms with E-state index in [1.54, 1.807) is 6.07 Å². The van der Waals surface area contributed by atoms with E-state index in [-0.39, 0.29) is 5.92 Å². The predicted octanol–water partition coefficient (Wildman–Crippen LogP) is 2.60. The lowest BCUT2D eigenvalue weighted by atomic mass is 9.99. The molecule has 0 saturated heterocycles. The molecule has 0 saturated carbocycles. The monoisotopic (exact) mass is 246 g/mol. The van der Waals surface area contributed by atoms with Crippen LogP contribution >= 0.6 is 23.2 Å². The van der Waals surface area contributed by atoms with Crippen LogP contribution in [0.2, 0.25) is 10.0 Å². The maximum Gasteiger partial charge on any atom is 0.0423 e. The minimum absolute atomic E-state index is 0.274. The third kappa shape index (κ3) is 3.99. The van der Waals surface area contributed by atoms with Gasteiger partial charge in [-0.2, -0.15) is 0 Å². The Kier molecular flexibility index (Phi) is 4.87. The van der Waals surface area contributed by atoms with E-state index >= 15 is 0 Å². The van der Waals surface area contributed by atoms with Gasteiger partial charge in [0, 0.05) is 29.1 Å². The van der Waals surface area contributed by atoms with Gasteiger partial charge in [-0.3, -0.25) is 0 Å². The van der Waals surface area contributed by atoms with Gasteiger partial charge in [0.25, 0.3) is 0 Å². The fraction of sp³-hybridized carbons (Fsp3) is 0.455. The highest BCUT2D eigenvalue weighted by molar-refractivity contribution is 6.34. The van der Waals surface area contributed by atoms with Gasteiger partial charge >= 0.3 is 0 Å². The molecule has 1 aromatic carbocycles. The molecular weight excluding hydrogens is 231 g/mol. The van der Waals surface area contributed by atoms with Gasteiger partial charge in [-0.1, -0.05) is 23.2 Å². The second-order valence-corrected chi connectivity index (χ2v) is 4.77. The van der Waals surface area contributed by atoms with Crippen LogP contribution in [-0.2, 0) is 0 Å². The summed E-state index contributed by atoms with van der Waals surface area (Å²) in [4.78, 5) is 2.10. The van der Waals surface area contributed by atoms with Crippen molar-refractivity contribution in [2.45, 2.75) is 5.92 Å². The summed E-state index contributed by atoms with van der Waals surface area (Å²) in [5.74, 6) is 0.274. The van der Waals surface area contributed by atoms with E-state index in [9.17, 15) is 0 Å². The van der Waals surface area contributed by atoms with Crippen LogP contribution in [0.5, 0.6) is 0 Å². The summed E-state index contributed by atoms with van der Waals surface area (Å²) in [6, 6.07) is 5.58. The number of hydrogen-bond donors (Lipinski definition) is 1. The van der Waals surface area contributed by atoms with Gasteiger partial charge in [-0.05, 0) is 37.9 Å². The van der Waals surface area contributed by atoms with E-state index in [1.165, 1.54) is 0 Å². The van der Waals surface area contributed by atoms with Crippen molar-refractivity contribution >= 4 is 23.2 Å². The summed E-state index contributed by atoms with van der Waals surface area (Å²) in [5, 5.41) is 1.32. The number of benzene rings is 1. The highest BCUT2D eigenvalue weighted by Crippen LogP contribution is 2.24. The second-order valence-electron chi connectivity index (χ2n) is 3.90. The fourth-order valence-electron chi connectivity index (χ4n) is 1.57. The van der Waals surface area contributed by atoms with Crippen molar-refractivity contribution in [3.63, 3.8) is 0 Å². The molecule has 0 aliphatic rings. The molecule has 0 spiro atoms. The Hall–Kier alpha value is -0.280. The quantitative estimate of drug-likeness (QED) is 0.886. The molecule has 4 heteroatoms. The minimum Gasteiger partial charge on any atom is -0.330 e. The largest absolute Gasteiger partial charge is 0.330 e. The lowest BCUT2D eigenvalue weighted by Gasteiger charge is -2.20. The highest BCUT2D eigenvalue weighted by atomic mass is 35.5. The molecule has 2 nitrogen and oxygen atoms in total. The van der Waals surface area contributed by atoms with Crippen molar-refractivity contribution in [2.75, 3.05) is 27.2 Å². The van der Waals surface area contributed by atoms with Crippen molar-refractivity contribution < 1.29 is 0 Å². The first kappa shape index (κ1) is 12.8. The number of nitrogens with zero attached hydrogens (tertiary/aromatic N) is 1. The highest BCUT2D eigenvalue weighted by Gasteiger charge is 2.12. The third-order valence-corrected chi connectivity index (χ3v) is 2.66. The summed E-state index contributed by atoms with van der Waals surface area (Å²) in [7, 11) is 4.05. The summed E-state index contributed by atoms with van der Waals surface area (Å²) in [6.45, 7) is 1.49. The Bertz CT molecular complexity index is 306. The maximum atomic E-state index is 5.95. The van der Waals surface area contributed by atoms with Crippen LogP contribution in [-0.4, -0.2) is 32.1 Å². The zero-order valence-electron chi connectivity index (χ0n) is 9.00. The molecule has 0 aliphatic carbocycles. The fourth-order valence-corrected chi connectivity index (χ4v) is 2.11. The van der Waals surface area contributed by atoms with Crippen molar-refractivity contribution in [1.82, 2.24) is 4.90 Å². The summed E-state index contributed by atoms with van der Waals surface area (Å²) >= 11 is 11.9. The molecule has 0 radical (unpaired) electrons. The topological polar surface area (TPSA) is 29.3 Å². The van der Waals surface area contributed by atoms with E-state index in [0.717, 1.165) is 12.1 Å². The Morgan fingerprint density at radius 1 is 1.20 bits per heavy atom. The van der Waals surface area contributed by atoms with Crippen molar-refractivity contribution in [2.24, 2.45) is 5.73 Å². The van der Waals surface area contributed by atoms with E-state index in [0.29, 0.717) is 16.6 Å². The van der Waals surface area contributed by atoms with Crippen LogP contribution in [0.4, 0.5) is 0 Å². The van der Waals surface area contributed by atoms with Crippen LogP contribution in [0.3, 0.4) is 0 Å². The molecule has 1 atom stereocenters. The Labute approximate surface area is 101 Å². The number of likely N-dealkylation sites (N-methyl/N-ethyl adjacent to an activating group) is 1. The molecule has 0 amide bonds. The molecule has 84 valence electrons. The maximum absolute atomic E-state index is 5.95. The van der Waals surface area contributed by atoms with Crippen LogP contribution in [0.15, 0.2) is 18.2 Å². The molecule has 2 N–H and O–H groups in total. The van der Waals surface area contributed by atoms with Gasteiger partial charge < -0.3 is 10.6 Å². The molecule has 1 aromatic rings. The number of rotatable bonds is 4. The first-order chi connectivity index (χ1) is 7.02. The van der Waals surface area contributed by atoms with Crippen LogP contribution in [0.1, 0.15) is 11.5 Å². The van der Waals surface area contributed by atoms with Gasteiger partial charge in [-0.25, -0.2) is 0 Å². The lowest BCUT2D eigenvalue weighted by molar-refractivity contribution is 0.375. The molecule has 0 fully saturated rings. The zero-order valence-corrected chi connectivity index (χ0v) is 10.5. The molecule has 0 aliphatic heterocycles. The Balaban J connectivity index is 2.91. The molecule has 1 rings (SSSR count). The first-order valence-corrected chi connectivity index (χ1v) is 5.59. The van der Waals surface area contributed by atoms with Crippen molar-refractivity contribution in [1.29, 1.82) is 0 Å². The van der Waals surface area contributed by atoms with E-state index in [1.807, 2.05) is 26.2 Å². The molecular formula is C11H16Cl2N2. The average molecular weight is 247 g/mol. The number of halogens is 2. The zero-order chi connectivity index (χ0) is 11.4. The average Bonchev–Trinajstić information content (AvgIpc) is 2.12. The smallest absolute Gasteiger partial charge is 0.0423 e. The normalized spacial score (nSPS) is 13.2. The van der Waals surface area contributed by atoms with Crippen LogP contribution in [0, 0.1) is 0 Å². The third-order valence-electron chi connectivity index (χ3n) is 2.23. The van der Waals surface area contributed by atoms with Gasteiger partial charge in [0.05, 0.1) is 0 Å². The van der Waals surface area contributed by atoms with Crippen LogP contribution < -0.4 is 5.73 Å². The Morgan fingerprint density at radius 2 is 1.73 bits per heavy atom. The molecule has 0 heterocycles. The standard InChI is InChI=1S/C11H16Cl2N2/c1-15(2)7-9(6-14)8-3-10(12)5-11(13)4-8/h3-5,9H,6-7,14H2,1-2H3. The van der Waals surface area contributed by atoms with Crippen molar-refractivity contribution in [3.05, 3.63) is 33.8 Å². The molecule has 15 heavy (non-hydrogen) atoms.